The highest BCUT2D eigenvalue weighted by Crippen LogP contribution is 2.22. The van der Waals surface area contributed by atoms with Crippen LogP contribution < -0.4 is 5.73 Å². The molecule has 1 aromatic heterocycles. The minimum absolute atomic E-state index is 0.517. The zero-order chi connectivity index (χ0) is 6.27. The lowest BCUT2D eigenvalue weighted by atomic mass is 10.7. The predicted molar refractivity (Wildman–Crippen MR) is 34.8 cm³/mol. The normalized spacial score (nSPS) is 14.2. The fourth-order valence-electron chi connectivity index (χ4n) is 0.881. The van der Waals surface area contributed by atoms with Crippen molar-refractivity contribution >= 4 is 17.9 Å². The summed E-state index contributed by atoms with van der Waals surface area (Å²) in [7, 11) is 0. The average Bonchev–Trinajstić information content (AvgIpc) is 2.35. The van der Waals surface area contributed by atoms with E-state index in [-0.39, 0.29) is 0 Å². The van der Waals surface area contributed by atoms with Gasteiger partial charge in [-0.05, 0) is 0 Å². The molecule has 0 spiro atoms. The Morgan fingerprint density at radius 3 is 3.33 bits per heavy atom. The van der Waals surface area contributed by atoms with Crippen LogP contribution in [0.5, 0.6) is 0 Å². The third-order valence-electron chi connectivity index (χ3n) is 1.33. The molecule has 0 atom stereocenters. The third kappa shape index (κ3) is 0.468. The van der Waals surface area contributed by atoms with E-state index in [0.717, 1.165) is 12.4 Å². The van der Waals surface area contributed by atoms with Gasteiger partial charge in [0.25, 0.3) is 0 Å². The SMILES string of the molecule is Nc1ncn2c1N=CC2. The second-order valence-corrected chi connectivity index (χ2v) is 1.92. The summed E-state index contributed by atoms with van der Waals surface area (Å²) in [4.78, 5) is 7.87. The summed E-state index contributed by atoms with van der Waals surface area (Å²) < 4.78 is 1.90. The van der Waals surface area contributed by atoms with Crippen molar-refractivity contribution in [3.8, 4) is 0 Å². The number of hydrogen-bond acceptors (Lipinski definition) is 3. The molecule has 46 valence electrons. The third-order valence-corrected chi connectivity index (χ3v) is 1.33. The van der Waals surface area contributed by atoms with E-state index in [0.29, 0.717) is 5.82 Å². The van der Waals surface area contributed by atoms with Gasteiger partial charge >= 0.3 is 0 Å². The Morgan fingerprint density at radius 1 is 1.67 bits per heavy atom. The molecule has 2 rings (SSSR count). The minimum Gasteiger partial charge on any atom is -0.381 e. The zero-order valence-electron chi connectivity index (χ0n) is 4.78. The van der Waals surface area contributed by atoms with Crippen LogP contribution in [0.15, 0.2) is 11.3 Å². The maximum Gasteiger partial charge on any atom is 0.176 e. The molecule has 4 nitrogen and oxygen atoms in total. The number of aliphatic imine (C=N–C) groups is 1. The smallest absolute Gasteiger partial charge is 0.176 e. The van der Waals surface area contributed by atoms with Gasteiger partial charge in [0.15, 0.2) is 11.6 Å². The first kappa shape index (κ1) is 4.55. The highest BCUT2D eigenvalue weighted by Gasteiger charge is 2.08. The van der Waals surface area contributed by atoms with Gasteiger partial charge in [0.1, 0.15) is 0 Å². The van der Waals surface area contributed by atoms with Crippen LogP contribution in [0.25, 0.3) is 0 Å². The van der Waals surface area contributed by atoms with Gasteiger partial charge in [-0.3, -0.25) is 0 Å². The second kappa shape index (κ2) is 1.34. The van der Waals surface area contributed by atoms with Crippen molar-refractivity contribution in [1.82, 2.24) is 9.55 Å². The molecular formula is C5H6N4. The van der Waals surface area contributed by atoms with Crippen LogP contribution in [-0.4, -0.2) is 15.8 Å². The molecule has 0 unspecified atom stereocenters. The Bertz CT molecular complexity index is 260. The maximum atomic E-state index is 5.45. The van der Waals surface area contributed by atoms with Crippen molar-refractivity contribution in [1.29, 1.82) is 0 Å². The highest BCUT2D eigenvalue weighted by atomic mass is 15.2. The van der Waals surface area contributed by atoms with Gasteiger partial charge in [0.2, 0.25) is 0 Å². The first-order valence-electron chi connectivity index (χ1n) is 2.71. The van der Waals surface area contributed by atoms with Crippen LogP contribution >= 0.6 is 0 Å². The van der Waals surface area contributed by atoms with Gasteiger partial charge in [-0.25, -0.2) is 9.98 Å². The molecule has 0 aromatic carbocycles. The molecule has 0 bridgehead atoms. The summed E-state index contributed by atoms with van der Waals surface area (Å²) >= 11 is 0. The van der Waals surface area contributed by atoms with Crippen molar-refractivity contribution in [2.75, 3.05) is 5.73 Å². The first-order chi connectivity index (χ1) is 4.38. The van der Waals surface area contributed by atoms with Crippen molar-refractivity contribution in [2.45, 2.75) is 6.54 Å². The van der Waals surface area contributed by atoms with Gasteiger partial charge in [-0.15, -0.1) is 0 Å². The van der Waals surface area contributed by atoms with E-state index in [1.54, 1.807) is 6.33 Å². The van der Waals surface area contributed by atoms with Crippen molar-refractivity contribution < 1.29 is 0 Å². The molecule has 0 amide bonds. The van der Waals surface area contributed by atoms with Crippen LogP contribution in [-0.2, 0) is 6.54 Å². The minimum atomic E-state index is 0.517. The lowest BCUT2D eigenvalue weighted by Crippen LogP contribution is -1.87. The van der Waals surface area contributed by atoms with Gasteiger partial charge < -0.3 is 10.3 Å². The highest BCUT2D eigenvalue weighted by molar-refractivity contribution is 5.71. The van der Waals surface area contributed by atoms with Gasteiger partial charge in [0.05, 0.1) is 12.9 Å². The quantitative estimate of drug-likeness (QED) is 0.533. The van der Waals surface area contributed by atoms with E-state index in [4.69, 9.17) is 5.73 Å². The van der Waals surface area contributed by atoms with E-state index in [2.05, 4.69) is 9.98 Å². The number of rotatable bonds is 0. The van der Waals surface area contributed by atoms with E-state index >= 15 is 0 Å². The van der Waals surface area contributed by atoms with Crippen LogP contribution in [0, 0.1) is 0 Å². The first-order valence-corrected chi connectivity index (χ1v) is 2.71. The molecule has 2 N–H and O–H groups in total. The van der Waals surface area contributed by atoms with Gasteiger partial charge in [-0.1, -0.05) is 0 Å². The standard InChI is InChI=1S/C5H6N4/c6-4-5-7-1-2-9(5)3-8-4/h1,3H,2,6H2. The Labute approximate surface area is 52.0 Å². The molecule has 2 heterocycles. The average molecular weight is 122 g/mol. The van der Waals surface area contributed by atoms with Crippen LogP contribution in [0.1, 0.15) is 0 Å². The lowest BCUT2D eigenvalue weighted by molar-refractivity contribution is 0.894. The molecule has 1 aromatic rings. The number of imidazole rings is 1. The predicted octanol–water partition coefficient (Wildman–Crippen LogP) is 0.181. The maximum absolute atomic E-state index is 5.45. The van der Waals surface area contributed by atoms with Crippen molar-refractivity contribution in [3.63, 3.8) is 0 Å². The molecule has 0 saturated carbocycles. The van der Waals surface area contributed by atoms with E-state index in [1.165, 1.54) is 0 Å². The monoisotopic (exact) mass is 122 g/mol. The Balaban J connectivity index is 2.67. The van der Waals surface area contributed by atoms with E-state index in [9.17, 15) is 0 Å². The zero-order valence-corrected chi connectivity index (χ0v) is 4.78. The molecule has 0 fully saturated rings. The van der Waals surface area contributed by atoms with Crippen molar-refractivity contribution in [3.05, 3.63) is 6.33 Å². The topological polar surface area (TPSA) is 56.2 Å². The molecule has 0 saturated heterocycles. The van der Waals surface area contributed by atoms with Crippen LogP contribution in [0.3, 0.4) is 0 Å². The Hall–Kier alpha value is -1.32. The second-order valence-electron chi connectivity index (χ2n) is 1.92. The number of nitrogens with zero attached hydrogens (tertiary/aromatic N) is 3. The molecule has 1 aliphatic rings. The summed E-state index contributed by atoms with van der Waals surface area (Å²) in [5, 5.41) is 0. The fraction of sp³-hybridized carbons (Fsp3) is 0.200. The molecule has 0 radical (unpaired) electrons. The molecule has 1 aliphatic heterocycles. The van der Waals surface area contributed by atoms with Gasteiger partial charge in [0, 0.05) is 6.21 Å². The van der Waals surface area contributed by atoms with E-state index in [1.807, 2.05) is 10.8 Å². The number of aromatic nitrogens is 2. The Kier molecular flexibility index (Phi) is 0.677. The van der Waals surface area contributed by atoms with E-state index < -0.39 is 0 Å². The Morgan fingerprint density at radius 2 is 2.56 bits per heavy atom. The number of hydrogen-bond donors (Lipinski definition) is 1. The number of nitrogens with two attached hydrogens (primary N) is 1. The molecule has 9 heavy (non-hydrogen) atoms. The molecule has 0 aliphatic carbocycles. The lowest BCUT2D eigenvalue weighted by Gasteiger charge is -1.88. The fourth-order valence-corrected chi connectivity index (χ4v) is 0.881. The number of fused-ring (bicyclic) bond motifs is 1. The number of nitrogen functional groups attached to an aromatic ring is 1. The molecular weight excluding hydrogens is 116 g/mol. The van der Waals surface area contributed by atoms with Crippen LogP contribution in [0.4, 0.5) is 11.6 Å². The largest absolute Gasteiger partial charge is 0.381 e. The summed E-state index contributed by atoms with van der Waals surface area (Å²) in [6.07, 6.45) is 3.50. The summed E-state index contributed by atoms with van der Waals surface area (Å²) in [6, 6.07) is 0. The summed E-state index contributed by atoms with van der Waals surface area (Å²) in [5.74, 6) is 1.30. The number of anilines is 1. The van der Waals surface area contributed by atoms with Crippen LogP contribution in [0.2, 0.25) is 0 Å². The van der Waals surface area contributed by atoms with Crippen molar-refractivity contribution in [2.24, 2.45) is 4.99 Å². The molecule has 4 heteroatoms. The van der Waals surface area contributed by atoms with Gasteiger partial charge in [-0.2, -0.15) is 0 Å². The summed E-state index contributed by atoms with van der Waals surface area (Å²) in [6.45, 7) is 0.805. The summed E-state index contributed by atoms with van der Waals surface area (Å²) in [5.41, 5.74) is 5.45.